The van der Waals surface area contributed by atoms with Gasteiger partial charge in [0.15, 0.2) is 11.5 Å². The number of carbonyl (C=O) groups excluding carboxylic acids is 1. The van der Waals surface area contributed by atoms with Crippen LogP contribution in [0.2, 0.25) is 0 Å². The van der Waals surface area contributed by atoms with Gasteiger partial charge < -0.3 is 19.3 Å². The zero-order valence-electron chi connectivity index (χ0n) is 24.9. The molecule has 5 heteroatoms. The molecule has 4 rings (SSSR count). The lowest BCUT2D eigenvalue weighted by atomic mass is 9.69. The fourth-order valence-electron chi connectivity index (χ4n) is 5.78. The van der Waals surface area contributed by atoms with Crippen molar-refractivity contribution in [2.24, 2.45) is 0 Å². The number of phenols is 1. The van der Waals surface area contributed by atoms with E-state index in [2.05, 4.69) is 83.2 Å². The predicted molar refractivity (Wildman–Crippen MR) is 161 cm³/mol. The second kappa shape index (κ2) is 11.9. The van der Waals surface area contributed by atoms with Crippen molar-refractivity contribution >= 4 is 12.0 Å². The zero-order valence-corrected chi connectivity index (χ0v) is 24.9. The Kier molecular flexibility index (Phi) is 8.74. The Hall–Kier alpha value is -3.57. The highest BCUT2D eigenvalue weighted by Crippen LogP contribution is 2.44. The molecule has 1 heterocycles. The molecule has 212 valence electrons. The van der Waals surface area contributed by atoms with Crippen LogP contribution in [0.3, 0.4) is 0 Å². The van der Waals surface area contributed by atoms with Crippen molar-refractivity contribution in [1.29, 1.82) is 0 Å². The second-order valence-electron chi connectivity index (χ2n) is 10.9. The number of aryl methyl sites for hydroxylation is 2. The summed E-state index contributed by atoms with van der Waals surface area (Å²) in [6.07, 6.45) is 7.40. The van der Waals surface area contributed by atoms with Crippen LogP contribution >= 0.6 is 0 Å². The van der Waals surface area contributed by atoms with Crippen LogP contribution in [0.15, 0.2) is 54.6 Å². The minimum absolute atomic E-state index is 0.0601. The van der Waals surface area contributed by atoms with Crippen LogP contribution in [0.5, 0.6) is 11.5 Å². The van der Waals surface area contributed by atoms with E-state index in [4.69, 9.17) is 14.2 Å². The Bertz CT molecular complexity index is 1410. The van der Waals surface area contributed by atoms with E-state index in [0.717, 1.165) is 42.6 Å². The predicted octanol–water partition coefficient (Wildman–Crippen LogP) is 7.70. The third kappa shape index (κ3) is 5.66. The summed E-state index contributed by atoms with van der Waals surface area (Å²) in [5, 5.41) is 11.0. The molecule has 0 saturated carbocycles. The molecule has 0 aliphatic carbocycles. The monoisotopic (exact) mass is 542 g/mol. The summed E-state index contributed by atoms with van der Waals surface area (Å²) in [5.74, 6) is 0.0491. The fraction of sp³-hybridized carbons (Fsp3) is 0.400. The van der Waals surface area contributed by atoms with E-state index in [1.807, 2.05) is 6.07 Å². The van der Waals surface area contributed by atoms with E-state index in [1.54, 1.807) is 6.07 Å². The topological polar surface area (TPSA) is 68.3 Å². The molecule has 0 spiro atoms. The largest absolute Gasteiger partial charge is 0.504 e. The number of esters is 1. The molecular weight excluding hydrogens is 500 g/mol. The number of epoxide rings is 1. The zero-order chi connectivity index (χ0) is 29.1. The van der Waals surface area contributed by atoms with Gasteiger partial charge in [-0.3, -0.25) is 4.79 Å². The lowest BCUT2D eigenvalue weighted by molar-refractivity contribution is -0.139. The number of carbonyl (C=O) groups is 1. The molecule has 1 atom stereocenters. The molecule has 1 saturated heterocycles. The minimum Gasteiger partial charge on any atom is -0.504 e. The maximum absolute atomic E-state index is 11.9. The molecule has 3 aromatic rings. The van der Waals surface area contributed by atoms with Gasteiger partial charge in [-0.2, -0.15) is 0 Å². The molecule has 3 aromatic carbocycles. The summed E-state index contributed by atoms with van der Waals surface area (Å²) in [5.41, 5.74) is 8.10. The van der Waals surface area contributed by atoms with Crippen molar-refractivity contribution < 1.29 is 24.1 Å². The van der Waals surface area contributed by atoms with Crippen LogP contribution in [-0.4, -0.2) is 37.5 Å². The first kappa shape index (κ1) is 29.4. The SMILES string of the molecule is CCC1(/C=C/c2ccc(C(CC)(CC)c3ccc(-c4cc(CC(=O)OC)cc(OC)c4O)c(C)c3)cc2C)CO1. The van der Waals surface area contributed by atoms with Gasteiger partial charge in [-0.15, -0.1) is 0 Å². The van der Waals surface area contributed by atoms with E-state index in [1.165, 1.54) is 36.5 Å². The molecule has 1 aliphatic rings. The smallest absolute Gasteiger partial charge is 0.309 e. The number of ether oxygens (including phenoxy) is 3. The Morgan fingerprint density at radius 3 is 2.15 bits per heavy atom. The van der Waals surface area contributed by atoms with E-state index in [9.17, 15) is 9.90 Å². The normalized spacial score (nSPS) is 16.8. The van der Waals surface area contributed by atoms with Crippen LogP contribution in [0.4, 0.5) is 0 Å². The Labute approximate surface area is 238 Å². The molecule has 0 aromatic heterocycles. The first-order chi connectivity index (χ1) is 19.2. The van der Waals surface area contributed by atoms with E-state index in [0.29, 0.717) is 11.3 Å². The van der Waals surface area contributed by atoms with Gasteiger partial charge in [0.1, 0.15) is 5.60 Å². The number of hydrogen-bond acceptors (Lipinski definition) is 5. The summed E-state index contributed by atoms with van der Waals surface area (Å²) in [6.45, 7) is 11.7. The van der Waals surface area contributed by atoms with Crippen molar-refractivity contribution in [1.82, 2.24) is 0 Å². The second-order valence-corrected chi connectivity index (χ2v) is 10.9. The molecule has 0 bridgehead atoms. The Balaban J connectivity index is 1.73. The van der Waals surface area contributed by atoms with Crippen LogP contribution in [0, 0.1) is 13.8 Å². The fourth-order valence-corrected chi connectivity index (χ4v) is 5.78. The van der Waals surface area contributed by atoms with Gasteiger partial charge >= 0.3 is 5.97 Å². The molecule has 0 amide bonds. The molecular formula is C35H42O5. The molecule has 1 N–H and O–H groups in total. The maximum atomic E-state index is 11.9. The third-order valence-electron chi connectivity index (χ3n) is 8.71. The number of aromatic hydroxyl groups is 1. The van der Waals surface area contributed by atoms with E-state index < -0.39 is 0 Å². The number of phenolic OH excluding ortho intramolecular Hbond substituents is 1. The quantitative estimate of drug-likeness (QED) is 0.199. The molecule has 1 aliphatic heterocycles. The van der Waals surface area contributed by atoms with Crippen LogP contribution in [0.1, 0.15) is 73.4 Å². The van der Waals surface area contributed by atoms with Gasteiger partial charge in [0.25, 0.3) is 0 Å². The van der Waals surface area contributed by atoms with Crippen molar-refractivity contribution in [3.05, 3.63) is 88.0 Å². The minimum atomic E-state index is -0.344. The van der Waals surface area contributed by atoms with Gasteiger partial charge in [0.05, 0.1) is 27.2 Å². The van der Waals surface area contributed by atoms with Gasteiger partial charge in [0.2, 0.25) is 0 Å². The van der Waals surface area contributed by atoms with Crippen LogP contribution in [0.25, 0.3) is 17.2 Å². The number of rotatable bonds is 11. The Morgan fingerprint density at radius 1 is 0.975 bits per heavy atom. The summed E-state index contributed by atoms with van der Waals surface area (Å²) >= 11 is 0. The molecule has 0 radical (unpaired) electrons. The van der Waals surface area contributed by atoms with E-state index >= 15 is 0 Å². The lowest BCUT2D eigenvalue weighted by Gasteiger charge is -2.34. The highest BCUT2D eigenvalue weighted by Gasteiger charge is 2.39. The van der Waals surface area contributed by atoms with Crippen LogP contribution < -0.4 is 4.74 Å². The number of hydrogen-bond donors (Lipinski definition) is 1. The van der Waals surface area contributed by atoms with Gasteiger partial charge in [0, 0.05) is 11.0 Å². The van der Waals surface area contributed by atoms with Crippen molar-refractivity contribution in [3.8, 4) is 22.6 Å². The van der Waals surface area contributed by atoms with Crippen molar-refractivity contribution in [2.75, 3.05) is 20.8 Å². The van der Waals surface area contributed by atoms with Crippen molar-refractivity contribution in [3.63, 3.8) is 0 Å². The maximum Gasteiger partial charge on any atom is 0.309 e. The Morgan fingerprint density at radius 2 is 1.62 bits per heavy atom. The van der Waals surface area contributed by atoms with Gasteiger partial charge in [-0.05, 0) is 90.3 Å². The highest BCUT2D eigenvalue weighted by molar-refractivity contribution is 5.79. The number of methoxy groups -OCH3 is 2. The van der Waals surface area contributed by atoms with Crippen LogP contribution in [-0.2, 0) is 26.1 Å². The third-order valence-corrected chi connectivity index (χ3v) is 8.71. The summed E-state index contributed by atoms with van der Waals surface area (Å²) in [6, 6.07) is 16.8. The van der Waals surface area contributed by atoms with Gasteiger partial charge in [-0.25, -0.2) is 0 Å². The van der Waals surface area contributed by atoms with Gasteiger partial charge in [-0.1, -0.05) is 63.2 Å². The first-order valence-corrected chi connectivity index (χ1v) is 14.2. The standard InChI is InChI=1S/C35H42O5/c1-8-34(22-40-34)16-15-26-11-12-27(17-23(26)4)35(9-2,10-3)28-13-14-29(24(5)18-28)30-19-25(21-32(36)39-7)20-31(38-6)33(30)37/h11-20,37H,8-10,21-22H2,1-7H3/b16-15+. The first-order valence-electron chi connectivity index (χ1n) is 14.2. The molecule has 5 nitrogen and oxygen atoms in total. The summed E-state index contributed by atoms with van der Waals surface area (Å²) in [4.78, 5) is 11.9. The molecule has 40 heavy (non-hydrogen) atoms. The average Bonchev–Trinajstić information content (AvgIpc) is 3.75. The summed E-state index contributed by atoms with van der Waals surface area (Å²) < 4.78 is 15.9. The summed E-state index contributed by atoms with van der Waals surface area (Å²) in [7, 11) is 2.88. The van der Waals surface area contributed by atoms with E-state index in [-0.39, 0.29) is 29.2 Å². The molecule has 1 fully saturated rings. The number of benzene rings is 3. The molecule has 1 unspecified atom stereocenters. The average molecular weight is 543 g/mol. The lowest BCUT2D eigenvalue weighted by Crippen LogP contribution is -2.26. The van der Waals surface area contributed by atoms with Crippen molar-refractivity contribution in [2.45, 2.75) is 71.3 Å². The highest BCUT2D eigenvalue weighted by atomic mass is 16.6.